The van der Waals surface area contributed by atoms with Gasteiger partial charge in [0, 0.05) is 38.3 Å². The van der Waals surface area contributed by atoms with Crippen molar-refractivity contribution < 1.29 is 0 Å². The van der Waals surface area contributed by atoms with Crippen molar-refractivity contribution in [1.82, 2.24) is 9.88 Å². The highest BCUT2D eigenvalue weighted by molar-refractivity contribution is 5.08. The Hall–Kier alpha value is -1.84. The molecule has 0 unspecified atom stereocenters. The molecule has 3 nitrogen and oxygen atoms in total. The Labute approximate surface area is 103 Å². The summed E-state index contributed by atoms with van der Waals surface area (Å²) in [5.74, 6) is 2.64. The van der Waals surface area contributed by atoms with Crippen LogP contribution >= 0.6 is 0 Å². The molecule has 0 N–H and O–H groups in total. The summed E-state index contributed by atoms with van der Waals surface area (Å²) in [6, 6.07) is 6.16. The molecule has 1 heterocycles. The van der Waals surface area contributed by atoms with E-state index in [0.717, 1.165) is 32.5 Å². The zero-order chi connectivity index (χ0) is 12.3. The second kappa shape index (κ2) is 8.33. The maximum Gasteiger partial charge on any atom is 0.0635 e. The number of hydrogen-bond donors (Lipinski definition) is 0. The van der Waals surface area contributed by atoms with Crippen LogP contribution in [0.5, 0.6) is 0 Å². The van der Waals surface area contributed by atoms with Gasteiger partial charge in [-0.15, -0.1) is 12.3 Å². The van der Waals surface area contributed by atoms with E-state index in [0.29, 0.717) is 6.42 Å². The van der Waals surface area contributed by atoms with Crippen LogP contribution in [0.4, 0.5) is 0 Å². The van der Waals surface area contributed by atoms with Gasteiger partial charge in [0.1, 0.15) is 0 Å². The molecular formula is C14H17N3. The van der Waals surface area contributed by atoms with Crippen LogP contribution in [-0.2, 0) is 6.54 Å². The minimum atomic E-state index is 0.552. The van der Waals surface area contributed by atoms with Gasteiger partial charge in [-0.05, 0) is 24.6 Å². The lowest BCUT2D eigenvalue weighted by atomic mass is 10.2. The summed E-state index contributed by atoms with van der Waals surface area (Å²) >= 11 is 0. The molecule has 0 spiro atoms. The molecule has 1 rings (SSSR count). The molecule has 0 amide bonds. The lowest BCUT2D eigenvalue weighted by molar-refractivity contribution is 0.269. The number of aromatic nitrogens is 1. The number of pyridine rings is 1. The summed E-state index contributed by atoms with van der Waals surface area (Å²) < 4.78 is 0. The molecule has 17 heavy (non-hydrogen) atoms. The predicted molar refractivity (Wildman–Crippen MR) is 67.8 cm³/mol. The summed E-state index contributed by atoms with van der Waals surface area (Å²) in [5, 5.41) is 8.63. The van der Waals surface area contributed by atoms with Crippen LogP contribution in [0.1, 0.15) is 24.8 Å². The molecule has 0 atom stereocenters. The van der Waals surface area contributed by atoms with Crippen molar-refractivity contribution in [3.63, 3.8) is 0 Å². The van der Waals surface area contributed by atoms with Crippen LogP contribution in [-0.4, -0.2) is 23.0 Å². The highest BCUT2D eigenvalue weighted by atomic mass is 15.1. The van der Waals surface area contributed by atoms with Gasteiger partial charge in [0.2, 0.25) is 0 Å². The number of nitrogens with zero attached hydrogens (tertiary/aromatic N) is 3. The normalized spacial score (nSPS) is 9.82. The molecule has 0 saturated carbocycles. The largest absolute Gasteiger partial charge is 0.298 e. The number of nitriles is 1. The first-order valence-electron chi connectivity index (χ1n) is 5.78. The molecule has 0 bridgehead atoms. The van der Waals surface area contributed by atoms with E-state index in [2.05, 4.69) is 21.9 Å². The number of terminal acetylenes is 1. The van der Waals surface area contributed by atoms with Gasteiger partial charge in [-0.2, -0.15) is 5.26 Å². The van der Waals surface area contributed by atoms with E-state index in [-0.39, 0.29) is 0 Å². The third-order valence-electron chi connectivity index (χ3n) is 2.46. The average molecular weight is 227 g/mol. The Morgan fingerprint density at radius 3 is 2.88 bits per heavy atom. The second-order valence-electron chi connectivity index (χ2n) is 3.85. The molecule has 0 aliphatic carbocycles. The Balaban J connectivity index is 2.46. The molecule has 1 aromatic heterocycles. The molecule has 3 heteroatoms. The van der Waals surface area contributed by atoms with E-state index in [1.165, 1.54) is 5.56 Å². The smallest absolute Gasteiger partial charge is 0.0635 e. The molecule has 0 radical (unpaired) electrons. The van der Waals surface area contributed by atoms with Crippen molar-refractivity contribution in [2.24, 2.45) is 0 Å². The summed E-state index contributed by atoms with van der Waals surface area (Å²) in [7, 11) is 0. The molecule has 1 aromatic rings. The van der Waals surface area contributed by atoms with Gasteiger partial charge in [-0.3, -0.25) is 9.88 Å². The van der Waals surface area contributed by atoms with Gasteiger partial charge in [-0.25, -0.2) is 0 Å². The van der Waals surface area contributed by atoms with Crippen molar-refractivity contribution in [3.8, 4) is 18.4 Å². The Morgan fingerprint density at radius 1 is 1.35 bits per heavy atom. The number of unbranched alkanes of at least 4 members (excludes halogenated alkanes) is 1. The van der Waals surface area contributed by atoms with Gasteiger partial charge >= 0.3 is 0 Å². The number of hydrogen-bond acceptors (Lipinski definition) is 3. The topological polar surface area (TPSA) is 39.9 Å². The van der Waals surface area contributed by atoms with Crippen molar-refractivity contribution >= 4 is 0 Å². The summed E-state index contributed by atoms with van der Waals surface area (Å²) in [6.45, 7) is 2.55. The van der Waals surface area contributed by atoms with Crippen LogP contribution in [0.2, 0.25) is 0 Å². The second-order valence-corrected chi connectivity index (χ2v) is 3.85. The van der Waals surface area contributed by atoms with Gasteiger partial charge in [0.05, 0.1) is 6.07 Å². The predicted octanol–water partition coefficient (Wildman–Crippen LogP) is 2.21. The SMILES string of the molecule is C#CCCCN(CCC#N)Cc1cccnc1. The first kappa shape index (κ1) is 13.2. The van der Waals surface area contributed by atoms with E-state index < -0.39 is 0 Å². The molecule has 0 aliphatic heterocycles. The van der Waals surface area contributed by atoms with Crippen molar-refractivity contribution in [1.29, 1.82) is 5.26 Å². The highest BCUT2D eigenvalue weighted by Crippen LogP contribution is 2.05. The zero-order valence-electron chi connectivity index (χ0n) is 9.97. The van der Waals surface area contributed by atoms with Crippen molar-refractivity contribution in [2.75, 3.05) is 13.1 Å². The lowest BCUT2D eigenvalue weighted by Crippen LogP contribution is -2.25. The fourth-order valence-electron chi connectivity index (χ4n) is 1.63. The van der Waals surface area contributed by atoms with Gasteiger partial charge in [0.25, 0.3) is 0 Å². The minimum absolute atomic E-state index is 0.552. The first-order chi connectivity index (χ1) is 8.36. The summed E-state index contributed by atoms with van der Waals surface area (Å²) in [4.78, 5) is 6.34. The summed E-state index contributed by atoms with van der Waals surface area (Å²) in [5.41, 5.74) is 1.17. The Bertz CT molecular complexity index is 386. The van der Waals surface area contributed by atoms with Crippen LogP contribution in [0.3, 0.4) is 0 Å². The third kappa shape index (κ3) is 5.70. The first-order valence-corrected chi connectivity index (χ1v) is 5.78. The van der Waals surface area contributed by atoms with Crippen LogP contribution in [0, 0.1) is 23.7 Å². The maximum absolute atomic E-state index is 8.63. The van der Waals surface area contributed by atoms with E-state index in [4.69, 9.17) is 11.7 Å². The molecule has 88 valence electrons. The van der Waals surface area contributed by atoms with Crippen molar-refractivity contribution in [2.45, 2.75) is 25.8 Å². The fraction of sp³-hybridized carbons (Fsp3) is 0.429. The standard InChI is InChI=1S/C14H17N3/c1-2-3-4-10-17(11-6-8-15)13-14-7-5-9-16-12-14/h1,5,7,9,12H,3-4,6,10-11,13H2. The van der Waals surface area contributed by atoms with E-state index in [1.807, 2.05) is 18.3 Å². The van der Waals surface area contributed by atoms with Crippen LogP contribution < -0.4 is 0 Å². The Morgan fingerprint density at radius 2 is 2.24 bits per heavy atom. The molecule has 0 saturated heterocycles. The Kier molecular flexibility index (Phi) is 6.48. The molecule has 0 fully saturated rings. The fourth-order valence-corrected chi connectivity index (χ4v) is 1.63. The van der Waals surface area contributed by atoms with Crippen molar-refractivity contribution in [3.05, 3.63) is 30.1 Å². The maximum atomic E-state index is 8.63. The monoisotopic (exact) mass is 227 g/mol. The van der Waals surface area contributed by atoms with Crippen LogP contribution in [0.25, 0.3) is 0 Å². The van der Waals surface area contributed by atoms with Gasteiger partial charge in [0.15, 0.2) is 0 Å². The zero-order valence-corrected chi connectivity index (χ0v) is 9.97. The number of rotatable bonds is 7. The highest BCUT2D eigenvalue weighted by Gasteiger charge is 2.05. The van der Waals surface area contributed by atoms with Gasteiger partial charge in [-0.1, -0.05) is 6.07 Å². The lowest BCUT2D eigenvalue weighted by Gasteiger charge is -2.20. The quantitative estimate of drug-likeness (QED) is 0.529. The minimum Gasteiger partial charge on any atom is -0.298 e. The molecule has 0 aliphatic rings. The molecular weight excluding hydrogens is 210 g/mol. The summed E-state index contributed by atoms with van der Waals surface area (Å²) in [6.07, 6.45) is 11.2. The average Bonchev–Trinajstić information content (AvgIpc) is 2.37. The van der Waals surface area contributed by atoms with Gasteiger partial charge < -0.3 is 0 Å². The van der Waals surface area contributed by atoms with E-state index in [9.17, 15) is 0 Å². The third-order valence-corrected chi connectivity index (χ3v) is 2.46. The van der Waals surface area contributed by atoms with E-state index >= 15 is 0 Å². The van der Waals surface area contributed by atoms with Crippen LogP contribution in [0.15, 0.2) is 24.5 Å². The van der Waals surface area contributed by atoms with E-state index in [1.54, 1.807) is 6.20 Å². The molecule has 0 aromatic carbocycles.